The second kappa shape index (κ2) is 13.1. The Morgan fingerprint density at radius 1 is 0.838 bits per heavy atom. The van der Waals surface area contributed by atoms with Crippen LogP contribution in [0.3, 0.4) is 0 Å². The molecule has 0 spiro atoms. The van der Waals surface area contributed by atoms with E-state index in [0.29, 0.717) is 5.56 Å². The van der Waals surface area contributed by atoms with Gasteiger partial charge in [0.25, 0.3) is 0 Å². The van der Waals surface area contributed by atoms with Gasteiger partial charge in [-0.15, -0.1) is 0 Å². The molecular weight excluding hydrogens is 474 g/mol. The second-order valence-electron chi connectivity index (χ2n) is 8.78. The molecular formula is C29H31NO7. The zero-order chi connectivity index (χ0) is 26.0. The molecule has 0 saturated carbocycles. The number of benzene rings is 3. The molecule has 1 amide bonds. The van der Waals surface area contributed by atoms with E-state index in [0.717, 1.165) is 11.1 Å². The number of rotatable bonds is 10. The summed E-state index contributed by atoms with van der Waals surface area (Å²) >= 11 is 0. The van der Waals surface area contributed by atoms with Crippen molar-refractivity contribution in [2.75, 3.05) is 6.61 Å². The Balaban J connectivity index is 1.52. The lowest BCUT2D eigenvalue weighted by atomic mass is 9.96. The molecule has 1 heterocycles. The number of hydrogen-bond acceptors (Lipinski definition) is 7. The maximum atomic E-state index is 12.5. The molecule has 37 heavy (non-hydrogen) atoms. The van der Waals surface area contributed by atoms with E-state index in [1.54, 1.807) is 30.3 Å². The van der Waals surface area contributed by atoms with Crippen molar-refractivity contribution < 1.29 is 33.6 Å². The van der Waals surface area contributed by atoms with E-state index < -0.39 is 36.6 Å². The zero-order valence-corrected chi connectivity index (χ0v) is 20.6. The Labute approximate surface area is 216 Å². The van der Waals surface area contributed by atoms with Crippen molar-refractivity contribution >= 4 is 11.9 Å². The summed E-state index contributed by atoms with van der Waals surface area (Å²) in [4.78, 5) is 24.6. The fourth-order valence-corrected chi connectivity index (χ4v) is 4.12. The van der Waals surface area contributed by atoms with Gasteiger partial charge in [-0.25, -0.2) is 4.79 Å². The Kier molecular flexibility index (Phi) is 9.40. The van der Waals surface area contributed by atoms with Crippen molar-refractivity contribution in [2.45, 2.75) is 50.8 Å². The van der Waals surface area contributed by atoms with Crippen LogP contribution in [0.2, 0.25) is 0 Å². The number of hydrogen-bond donors (Lipinski definition) is 2. The van der Waals surface area contributed by atoms with Gasteiger partial charge in [-0.1, -0.05) is 78.9 Å². The van der Waals surface area contributed by atoms with Crippen molar-refractivity contribution in [1.29, 1.82) is 0 Å². The summed E-state index contributed by atoms with van der Waals surface area (Å²) in [5.74, 6) is -0.861. The maximum Gasteiger partial charge on any atom is 0.338 e. The highest BCUT2D eigenvalue weighted by molar-refractivity contribution is 5.89. The van der Waals surface area contributed by atoms with E-state index in [4.69, 9.17) is 18.9 Å². The highest BCUT2D eigenvalue weighted by Crippen LogP contribution is 2.27. The Morgan fingerprint density at radius 3 is 1.95 bits per heavy atom. The van der Waals surface area contributed by atoms with E-state index in [1.807, 2.05) is 60.7 Å². The van der Waals surface area contributed by atoms with E-state index >= 15 is 0 Å². The lowest BCUT2D eigenvalue weighted by Gasteiger charge is -2.44. The second-order valence-corrected chi connectivity index (χ2v) is 8.78. The van der Waals surface area contributed by atoms with Gasteiger partial charge in [-0.2, -0.15) is 0 Å². The van der Waals surface area contributed by atoms with E-state index in [9.17, 15) is 14.7 Å². The summed E-state index contributed by atoms with van der Waals surface area (Å²) in [6.45, 7) is 1.56. The van der Waals surface area contributed by atoms with Crippen molar-refractivity contribution in [3.8, 4) is 0 Å². The van der Waals surface area contributed by atoms with Crippen LogP contribution in [0.25, 0.3) is 0 Å². The van der Waals surface area contributed by atoms with Gasteiger partial charge < -0.3 is 29.4 Å². The van der Waals surface area contributed by atoms with Crippen LogP contribution in [0, 0.1) is 0 Å². The fourth-order valence-electron chi connectivity index (χ4n) is 4.12. The summed E-state index contributed by atoms with van der Waals surface area (Å²) < 4.78 is 23.7. The lowest BCUT2D eigenvalue weighted by Crippen LogP contribution is -2.65. The van der Waals surface area contributed by atoms with Gasteiger partial charge in [0, 0.05) is 6.92 Å². The molecule has 2 unspecified atom stereocenters. The third-order valence-corrected chi connectivity index (χ3v) is 5.97. The van der Waals surface area contributed by atoms with E-state index in [2.05, 4.69) is 5.32 Å². The minimum Gasteiger partial charge on any atom is -0.459 e. The van der Waals surface area contributed by atoms with Crippen molar-refractivity contribution in [3.05, 3.63) is 108 Å². The molecule has 1 aliphatic rings. The van der Waals surface area contributed by atoms with Crippen LogP contribution in [0.5, 0.6) is 0 Å². The monoisotopic (exact) mass is 505 g/mol. The number of esters is 1. The van der Waals surface area contributed by atoms with Crippen molar-refractivity contribution in [3.63, 3.8) is 0 Å². The molecule has 3 aromatic rings. The number of amides is 1. The quantitative estimate of drug-likeness (QED) is 0.408. The highest BCUT2D eigenvalue weighted by Gasteiger charge is 2.47. The normalized spacial score (nSPS) is 23.2. The number of carbonyl (C=O) groups is 2. The summed E-state index contributed by atoms with van der Waals surface area (Å²) in [6.07, 6.45) is -4.01. The molecule has 3 aromatic carbocycles. The summed E-state index contributed by atoms with van der Waals surface area (Å²) in [5, 5.41) is 14.0. The molecule has 0 bridgehead atoms. The number of aliphatic hydroxyl groups is 1. The van der Waals surface area contributed by atoms with Crippen LogP contribution >= 0.6 is 0 Å². The van der Waals surface area contributed by atoms with Crippen LogP contribution in [0.1, 0.15) is 28.4 Å². The predicted octanol–water partition coefficient (Wildman–Crippen LogP) is 3.24. The van der Waals surface area contributed by atoms with Gasteiger partial charge in [0.15, 0.2) is 6.29 Å². The van der Waals surface area contributed by atoms with E-state index in [-0.39, 0.29) is 25.7 Å². The number of aliphatic hydroxyl groups excluding tert-OH is 1. The molecule has 8 nitrogen and oxygen atoms in total. The Morgan fingerprint density at radius 2 is 1.38 bits per heavy atom. The van der Waals surface area contributed by atoms with Gasteiger partial charge >= 0.3 is 5.97 Å². The van der Waals surface area contributed by atoms with Crippen LogP contribution in [-0.2, 0) is 37.0 Å². The summed E-state index contributed by atoms with van der Waals surface area (Å²) in [5.41, 5.74) is 2.20. The first kappa shape index (κ1) is 26.5. The number of carbonyl (C=O) groups excluding carboxylic acids is 2. The SMILES string of the molecule is CC(=O)NC1[C@@H](OCc2ccccc2)OC(COC(=O)c2ccccc2)[C@@H](O)[C@@H]1OCc1ccccc1. The van der Waals surface area contributed by atoms with Gasteiger partial charge in [-0.05, 0) is 23.3 Å². The molecule has 8 heteroatoms. The van der Waals surface area contributed by atoms with Gasteiger partial charge in [-0.3, -0.25) is 4.79 Å². The molecule has 2 N–H and O–H groups in total. The minimum absolute atomic E-state index is 0.195. The molecule has 0 aliphatic carbocycles. The molecule has 0 radical (unpaired) electrons. The van der Waals surface area contributed by atoms with Crippen molar-refractivity contribution in [1.82, 2.24) is 5.32 Å². The lowest BCUT2D eigenvalue weighted by molar-refractivity contribution is -0.281. The van der Waals surface area contributed by atoms with Gasteiger partial charge in [0.1, 0.15) is 31.0 Å². The number of nitrogens with one attached hydrogen (secondary N) is 1. The van der Waals surface area contributed by atoms with Gasteiger partial charge in [0.2, 0.25) is 5.91 Å². The zero-order valence-electron chi connectivity index (χ0n) is 20.6. The smallest absolute Gasteiger partial charge is 0.338 e. The molecule has 5 atom stereocenters. The van der Waals surface area contributed by atoms with Crippen LogP contribution in [0.15, 0.2) is 91.0 Å². The van der Waals surface area contributed by atoms with Crippen molar-refractivity contribution in [2.24, 2.45) is 0 Å². The molecule has 1 fully saturated rings. The average molecular weight is 506 g/mol. The first-order valence-electron chi connectivity index (χ1n) is 12.1. The topological polar surface area (TPSA) is 103 Å². The first-order valence-corrected chi connectivity index (χ1v) is 12.1. The standard InChI is InChI=1S/C29H31NO7/c1-20(31)30-25-27(34-17-21-11-5-2-6-12-21)26(32)24(19-35-28(33)23-15-9-4-10-16-23)37-29(25)36-18-22-13-7-3-8-14-22/h2-16,24-27,29,32H,17-19H2,1H3,(H,30,31)/t24?,25?,26-,27-,29+/m1/s1. The predicted molar refractivity (Wildman–Crippen MR) is 135 cm³/mol. The number of ether oxygens (including phenoxy) is 4. The third kappa shape index (κ3) is 7.47. The Hall–Kier alpha value is -3.56. The average Bonchev–Trinajstić information content (AvgIpc) is 2.93. The highest BCUT2D eigenvalue weighted by atomic mass is 16.7. The third-order valence-electron chi connectivity index (χ3n) is 5.97. The Bertz CT molecular complexity index is 1130. The molecule has 1 saturated heterocycles. The van der Waals surface area contributed by atoms with Gasteiger partial charge in [0.05, 0.1) is 18.8 Å². The largest absolute Gasteiger partial charge is 0.459 e. The summed E-state index contributed by atoms with van der Waals surface area (Å²) in [7, 11) is 0. The molecule has 0 aromatic heterocycles. The fraction of sp³-hybridized carbons (Fsp3) is 0.310. The van der Waals surface area contributed by atoms with Crippen LogP contribution < -0.4 is 5.32 Å². The molecule has 1 aliphatic heterocycles. The first-order chi connectivity index (χ1) is 18.0. The van der Waals surface area contributed by atoms with Crippen LogP contribution in [0.4, 0.5) is 0 Å². The maximum absolute atomic E-state index is 12.5. The minimum atomic E-state index is -1.21. The van der Waals surface area contributed by atoms with E-state index in [1.165, 1.54) is 6.92 Å². The molecule has 4 rings (SSSR count). The van der Waals surface area contributed by atoms with Crippen LogP contribution in [-0.4, -0.2) is 54.2 Å². The molecule has 194 valence electrons. The summed E-state index contributed by atoms with van der Waals surface area (Å²) in [6, 6.07) is 26.8.